The summed E-state index contributed by atoms with van der Waals surface area (Å²) in [6.45, 7) is 1.28. The fourth-order valence-electron chi connectivity index (χ4n) is 1.14. The monoisotopic (exact) mass is 322 g/mol. The molecule has 0 aliphatic rings. The van der Waals surface area contributed by atoms with E-state index in [-0.39, 0.29) is 20.4 Å². The Bertz CT molecular complexity index is 581. The Hall–Kier alpha value is -0.0100. The van der Waals surface area contributed by atoms with Gasteiger partial charge < -0.3 is 0 Å². The van der Waals surface area contributed by atoms with E-state index in [1.54, 1.807) is 0 Å². The van der Waals surface area contributed by atoms with E-state index >= 15 is 0 Å². The largest absolute Gasteiger partial charge is 0.261 e. The van der Waals surface area contributed by atoms with Crippen LogP contribution in [0.15, 0.2) is 21.9 Å². The summed E-state index contributed by atoms with van der Waals surface area (Å²) >= 11 is 5.59. The summed E-state index contributed by atoms with van der Waals surface area (Å²) in [5.74, 6) is 0. The SMILES string of the molecule is Cc1c(S(=O)(=O)Cl)cc(Cl)cc1S(=O)(=O)Cl. The summed E-state index contributed by atoms with van der Waals surface area (Å²) in [5, 5.41) is -0.0796. The van der Waals surface area contributed by atoms with E-state index in [0.29, 0.717) is 0 Å². The van der Waals surface area contributed by atoms with Crippen LogP contribution in [-0.2, 0) is 18.1 Å². The Morgan fingerprint density at radius 3 is 1.50 bits per heavy atom. The van der Waals surface area contributed by atoms with Gasteiger partial charge in [-0.2, -0.15) is 0 Å². The molecule has 0 N–H and O–H groups in total. The molecule has 0 aliphatic heterocycles. The van der Waals surface area contributed by atoms with Crippen LogP contribution in [0.2, 0.25) is 5.02 Å². The van der Waals surface area contributed by atoms with Gasteiger partial charge in [0.2, 0.25) is 0 Å². The summed E-state index contributed by atoms with van der Waals surface area (Å²) in [6, 6.07) is 2.12. The van der Waals surface area contributed by atoms with Gasteiger partial charge in [-0.1, -0.05) is 11.6 Å². The van der Waals surface area contributed by atoms with Crippen molar-refractivity contribution < 1.29 is 16.8 Å². The Balaban J connectivity index is 3.78. The molecule has 0 amide bonds. The normalized spacial score (nSPS) is 12.8. The Morgan fingerprint density at radius 2 is 1.25 bits per heavy atom. The molecule has 0 unspecified atom stereocenters. The van der Waals surface area contributed by atoms with Crippen LogP contribution < -0.4 is 0 Å². The third-order valence-corrected chi connectivity index (χ3v) is 4.92. The van der Waals surface area contributed by atoms with Crippen molar-refractivity contribution in [1.29, 1.82) is 0 Å². The maximum Gasteiger partial charge on any atom is 0.261 e. The molecule has 0 saturated carbocycles. The highest BCUT2D eigenvalue weighted by molar-refractivity contribution is 8.14. The summed E-state index contributed by atoms with van der Waals surface area (Å²) in [4.78, 5) is -0.748. The van der Waals surface area contributed by atoms with Gasteiger partial charge in [-0.25, -0.2) is 16.8 Å². The first-order valence-electron chi connectivity index (χ1n) is 3.73. The Morgan fingerprint density at radius 1 is 0.938 bits per heavy atom. The van der Waals surface area contributed by atoms with Crippen molar-refractivity contribution in [3.8, 4) is 0 Å². The smallest absolute Gasteiger partial charge is 0.207 e. The van der Waals surface area contributed by atoms with Gasteiger partial charge in [0.1, 0.15) is 0 Å². The maximum atomic E-state index is 11.2. The highest BCUT2D eigenvalue weighted by Gasteiger charge is 2.22. The highest BCUT2D eigenvalue weighted by Crippen LogP contribution is 2.31. The van der Waals surface area contributed by atoms with Crippen molar-refractivity contribution in [3.63, 3.8) is 0 Å². The molecule has 4 nitrogen and oxygen atoms in total. The minimum absolute atomic E-state index is 0.0607. The van der Waals surface area contributed by atoms with Crippen LogP contribution in [-0.4, -0.2) is 16.8 Å². The second kappa shape index (κ2) is 4.34. The fourth-order valence-corrected chi connectivity index (χ4v) is 4.00. The first kappa shape index (κ1) is 14.1. The number of benzene rings is 1. The molecule has 0 radical (unpaired) electrons. The zero-order valence-corrected chi connectivity index (χ0v) is 11.6. The third-order valence-electron chi connectivity index (χ3n) is 1.80. The van der Waals surface area contributed by atoms with Gasteiger partial charge in [-0.15, -0.1) is 0 Å². The minimum atomic E-state index is -4.07. The summed E-state index contributed by atoms with van der Waals surface area (Å²) in [6.07, 6.45) is 0. The van der Waals surface area contributed by atoms with Crippen molar-refractivity contribution in [2.24, 2.45) is 0 Å². The van der Waals surface area contributed by atoms with Gasteiger partial charge >= 0.3 is 0 Å². The van der Waals surface area contributed by atoms with Gasteiger partial charge in [0, 0.05) is 26.4 Å². The topological polar surface area (TPSA) is 68.3 Å². The molecule has 1 aromatic carbocycles. The number of hydrogen-bond donors (Lipinski definition) is 0. The van der Waals surface area contributed by atoms with E-state index in [2.05, 4.69) is 0 Å². The lowest BCUT2D eigenvalue weighted by Crippen LogP contribution is -2.01. The lowest BCUT2D eigenvalue weighted by Gasteiger charge is -2.07. The van der Waals surface area contributed by atoms with Crippen LogP contribution in [0.1, 0.15) is 5.56 Å². The number of halogens is 3. The predicted molar refractivity (Wildman–Crippen MR) is 62.3 cm³/mol. The van der Waals surface area contributed by atoms with E-state index in [0.717, 1.165) is 12.1 Å². The number of rotatable bonds is 2. The zero-order valence-electron chi connectivity index (χ0n) is 7.74. The molecule has 9 heteroatoms. The lowest BCUT2D eigenvalue weighted by molar-refractivity contribution is 0.606. The molecular weight excluding hydrogens is 319 g/mol. The molecule has 0 aliphatic carbocycles. The Labute approximate surface area is 107 Å². The van der Waals surface area contributed by atoms with Crippen molar-refractivity contribution in [2.45, 2.75) is 16.7 Å². The zero-order chi connectivity index (χ0) is 12.7. The van der Waals surface area contributed by atoms with E-state index < -0.39 is 18.1 Å². The average molecular weight is 324 g/mol. The molecular formula is C7H5Cl3O4S2. The molecule has 0 aromatic heterocycles. The molecule has 0 atom stereocenters. The van der Waals surface area contributed by atoms with E-state index in [1.807, 2.05) is 0 Å². The first-order valence-corrected chi connectivity index (χ1v) is 8.72. The molecule has 16 heavy (non-hydrogen) atoms. The molecule has 0 spiro atoms. The standard InChI is InChI=1S/C7H5Cl3O4S2/c1-4-6(15(9,11)12)2-5(8)3-7(4)16(10,13)14/h2-3H,1H3. The Kier molecular flexibility index (Phi) is 3.81. The van der Waals surface area contributed by atoms with E-state index in [1.165, 1.54) is 6.92 Å². The molecule has 1 aromatic rings. The molecule has 90 valence electrons. The molecule has 0 heterocycles. The van der Waals surface area contributed by atoms with Gasteiger partial charge in [0.05, 0.1) is 9.79 Å². The summed E-state index contributed by atoms with van der Waals surface area (Å²) in [5.41, 5.74) is -0.0607. The maximum absolute atomic E-state index is 11.2. The van der Waals surface area contributed by atoms with Gasteiger partial charge in [-0.3, -0.25) is 0 Å². The van der Waals surface area contributed by atoms with Crippen molar-refractivity contribution >= 4 is 51.1 Å². The van der Waals surface area contributed by atoms with Crippen LogP contribution in [0.5, 0.6) is 0 Å². The van der Waals surface area contributed by atoms with Crippen molar-refractivity contribution in [3.05, 3.63) is 22.7 Å². The second-order valence-corrected chi connectivity index (χ2v) is 8.41. The van der Waals surface area contributed by atoms with Crippen LogP contribution in [0.4, 0.5) is 0 Å². The minimum Gasteiger partial charge on any atom is -0.207 e. The van der Waals surface area contributed by atoms with Gasteiger partial charge in [-0.05, 0) is 24.6 Å². The van der Waals surface area contributed by atoms with Gasteiger partial charge in [0.15, 0.2) is 0 Å². The highest BCUT2D eigenvalue weighted by atomic mass is 35.7. The number of hydrogen-bond acceptors (Lipinski definition) is 4. The lowest BCUT2D eigenvalue weighted by atomic mass is 10.2. The molecule has 0 saturated heterocycles. The van der Waals surface area contributed by atoms with E-state index in [9.17, 15) is 16.8 Å². The molecule has 1 rings (SSSR count). The molecule has 0 bridgehead atoms. The van der Waals surface area contributed by atoms with E-state index in [4.69, 9.17) is 33.0 Å². The van der Waals surface area contributed by atoms with Crippen LogP contribution >= 0.6 is 33.0 Å². The quantitative estimate of drug-likeness (QED) is 0.784. The van der Waals surface area contributed by atoms with Crippen molar-refractivity contribution in [1.82, 2.24) is 0 Å². The average Bonchev–Trinajstić information content (AvgIpc) is 2.04. The summed E-state index contributed by atoms with van der Waals surface area (Å²) in [7, 11) is 2.12. The first-order chi connectivity index (χ1) is 7.03. The van der Waals surface area contributed by atoms with Gasteiger partial charge in [0.25, 0.3) is 18.1 Å². The molecule has 0 fully saturated rings. The third kappa shape index (κ3) is 3.01. The van der Waals surface area contributed by atoms with Crippen LogP contribution in [0, 0.1) is 6.92 Å². The van der Waals surface area contributed by atoms with Crippen molar-refractivity contribution in [2.75, 3.05) is 0 Å². The fraction of sp³-hybridized carbons (Fsp3) is 0.143. The summed E-state index contributed by atoms with van der Waals surface area (Å²) < 4.78 is 44.6. The second-order valence-electron chi connectivity index (χ2n) is 2.90. The van der Waals surface area contributed by atoms with Crippen LogP contribution in [0.25, 0.3) is 0 Å². The predicted octanol–water partition coefficient (Wildman–Crippen LogP) is 2.50. The van der Waals surface area contributed by atoms with Crippen LogP contribution in [0.3, 0.4) is 0 Å².